The van der Waals surface area contributed by atoms with E-state index in [0.717, 1.165) is 114 Å². The fourth-order valence-corrected chi connectivity index (χ4v) is 10.0. The van der Waals surface area contributed by atoms with Crippen LogP contribution >= 0.6 is 46.4 Å². The Balaban J connectivity index is 2.44. The molecule has 0 bridgehead atoms. The van der Waals surface area contributed by atoms with E-state index in [2.05, 4.69) is 91.8 Å². The summed E-state index contributed by atoms with van der Waals surface area (Å²) in [4.78, 5) is 4.01. The quantitative estimate of drug-likeness (QED) is 0.0873. The van der Waals surface area contributed by atoms with E-state index in [4.69, 9.17) is 46.4 Å². The van der Waals surface area contributed by atoms with Crippen molar-refractivity contribution >= 4 is 57.8 Å². The topological polar surface area (TPSA) is 6.48 Å². The van der Waals surface area contributed by atoms with Crippen LogP contribution in [0, 0.1) is 0 Å². The average molecular weight is 753 g/mol. The average Bonchev–Trinajstić information content (AvgIpc) is 3.25. The van der Waals surface area contributed by atoms with Gasteiger partial charge in [-0.25, -0.2) is 0 Å². The SMILES string of the molecule is CCCC(CCC)c1cccc(C(CCC)CCC)c1N1C(Cl)=C(Cl)N(c2c(C(CCC)CCC)cccc2C(CCC)CCC)C1(Cl)Cl. The van der Waals surface area contributed by atoms with Crippen molar-refractivity contribution in [3.63, 3.8) is 0 Å². The molecule has 0 fully saturated rings. The van der Waals surface area contributed by atoms with Gasteiger partial charge in [-0.05, 0) is 97.3 Å². The van der Waals surface area contributed by atoms with Crippen LogP contribution in [0.25, 0.3) is 0 Å². The standard InChI is InChI=1S/C43H66Cl4N2/c1-9-19-31(20-10-2)35-27-17-28-36(32(21-11-3)22-12-4)39(35)48-41(44)42(45)49(43(48,46)47)40-37(33(23-13-5)24-14-6)29-18-30-38(40)34(25-15-7)26-16-8/h17-18,27-34H,9-16,19-26H2,1-8H3. The van der Waals surface area contributed by atoms with Gasteiger partial charge in [0.05, 0.1) is 11.4 Å². The van der Waals surface area contributed by atoms with Crippen molar-refractivity contribution in [1.29, 1.82) is 0 Å². The third kappa shape index (κ3) is 9.68. The highest BCUT2D eigenvalue weighted by atomic mass is 35.5. The molecule has 2 aromatic rings. The molecule has 0 amide bonds. The summed E-state index contributed by atoms with van der Waals surface area (Å²) in [5, 5.41) is 0.814. The van der Waals surface area contributed by atoms with E-state index < -0.39 is 4.58 Å². The number of halogens is 4. The van der Waals surface area contributed by atoms with Crippen molar-refractivity contribution < 1.29 is 0 Å². The molecular formula is C43H66Cl4N2. The predicted molar refractivity (Wildman–Crippen MR) is 221 cm³/mol. The van der Waals surface area contributed by atoms with Gasteiger partial charge in [-0.15, -0.1) is 0 Å². The van der Waals surface area contributed by atoms with E-state index in [1.165, 1.54) is 22.3 Å². The Morgan fingerprint density at radius 1 is 0.429 bits per heavy atom. The van der Waals surface area contributed by atoms with Crippen molar-refractivity contribution in [3.8, 4) is 0 Å². The first-order valence-electron chi connectivity index (χ1n) is 19.9. The Labute approximate surface area is 321 Å². The molecule has 276 valence electrons. The van der Waals surface area contributed by atoms with E-state index in [1.807, 2.05) is 9.80 Å². The molecule has 0 unspecified atom stereocenters. The fourth-order valence-electron chi connectivity index (χ4n) is 8.59. The maximum Gasteiger partial charge on any atom is 0.281 e. The number of alkyl halides is 2. The van der Waals surface area contributed by atoms with Gasteiger partial charge >= 0.3 is 0 Å². The molecule has 0 N–H and O–H groups in total. The van der Waals surface area contributed by atoms with Gasteiger partial charge in [-0.2, -0.15) is 0 Å². The molecule has 1 aliphatic rings. The molecule has 2 aromatic carbocycles. The van der Waals surface area contributed by atoms with Crippen LogP contribution in [0.5, 0.6) is 0 Å². The lowest BCUT2D eigenvalue weighted by Gasteiger charge is -2.41. The van der Waals surface area contributed by atoms with Gasteiger partial charge in [0, 0.05) is 0 Å². The highest BCUT2D eigenvalue weighted by molar-refractivity contribution is 6.56. The van der Waals surface area contributed by atoms with Gasteiger partial charge in [0.1, 0.15) is 10.3 Å². The maximum atomic E-state index is 7.89. The smallest absolute Gasteiger partial charge is 0.279 e. The van der Waals surface area contributed by atoms with Crippen LogP contribution in [0.1, 0.15) is 204 Å². The first kappa shape index (κ1) is 42.4. The van der Waals surface area contributed by atoms with E-state index in [-0.39, 0.29) is 0 Å². The second-order valence-corrected chi connectivity index (χ2v) is 16.4. The highest BCUT2D eigenvalue weighted by Crippen LogP contribution is 2.57. The molecule has 6 heteroatoms. The lowest BCUT2D eigenvalue weighted by atomic mass is 9.82. The molecule has 0 aliphatic carbocycles. The summed E-state index contributed by atoms with van der Waals surface area (Å²) in [6.07, 6.45) is 17.6. The van der Waals surface area contributed by atoms with Gasteiger partial charge in [0.2, 0.25) is 0 Å². The molecule has 0 saturated carbocycles. The monoisotopic (exact) mass is 750 g/mol. The Hall–Kier alpha value is -1.06. The van der Waals surface area contributed by atoms with Crippen LogP contribution in [0.3, 0.4) is 0 Å². The lowest BCUT2D eigenvalue weighted by Crippen LogP contribution is -2.47. The van der Waals surface area contributed by atoms with Crippen molar-refractivity contribution in [2.24, 2.45) is 0 Å². The first-order chi connectivity index (χ1) is 23.6. The number of anilines is 2. The second kappa shape index (κ2) is 20.8. The van der Waals surface area contributed by atoms with Crippen LogP contribution in [-0.2, 0) is 0 Å². The summed E-state index contributed by atoms with van der Waals surface area (Å²) in [6, 6.07) is 13.7. The van der Waals surface area contributed by atoms with Crippen molar-refractivity contribution in [2.75, 3.05) is 9.80 Å². The molecule has 0 atom stereocenters. The fraction of sp³-hybridized carbons (Fsp3) is 0.674. The summed E-state index contributed by atoms with van der Waals surface area (Å²) in [7, 11) is 0. The molecule has 0 spiro atoms. The van der Waals surface area contributed by atoms with Gasteiger partial charge in [-0.3, -0.25) is 9.80 Å². The zero-order valence-electron chi connectivity index (χ0n) is 32.0. The third-order valence-electron chi connectivity index (χ3n) is 10.6. The lowest BCUT2D eigenvalue weighted by molar-refractivity contribution is 0.542. The molecule has 0 aromatic heterocycles. The Bertz CT molecular complexity index is 1130. The second-order valence-electron chi connectivity index (χ2n) is 14.4. The number of benzene rings is 2. The first-order valence-corrected chi connectivity index (χ1v) is 21.4. The normalized spacial score (nSPS) is 14.9. The minimum atomic E-state index is -1.57. The number of rotatable bonds is 22. The van der Waals surface area contributed by atoms with Crippen LogP contribution in [0.2, 0.25) is 0 Å². The Morgan fingerprint density at radius 2 is 0.633 bits per heavy atom. The van der Waals surface area contributed by atoms with Gasteiger partial charge in [0.25, 0.3) is 4.58 Å². The van der Waals surface area contributed by atoms with Crippen molar-refractivity contribution in [2.45, 2.75) is 186 Å². The largest absolute Gasteiger partial charge is 0.281 e. The summed E-state index contributed by atoms with van der Waals surface area (Å²) in [6.45, 7) is 18.2. The minimum Gasteiger partial charge on any atom is -0.279 e. The predicted octanol–water partition coefficient (Wildman–Crippen LogP) is 16.4. The van der Waals surface area contributed by atoms with Gasteiger partial charge in [-0.1, -0.05) is 190 Å². The number of hydrogen-bond donors (Lipinski definition) is 0. The van der Waals surface area contributed by atoms with Gasteiger partial charge in [0.15, 0.2) is 0 Å². The molecule has 49 heavy (non-hydrogen) atoms. The van der Waals surface area contributed by atoms with E-state index >= 15 is 0 Å². The van der Waals surface area contributed by atoms with E-state index in [9.17, 15) is 0 Å². The molecule has 0 saturated heterocycles. The number of para-hydroxylation sites is 2. The summed E-state index contributed by atoms with van der Waals surface area (Å²) in [5.74, 6) is 1.48. The number of hydrogen-bond acceptors (Lipinski definition) is 2. The molecule has 1 heterocycles. The molecule has 3 rings (SSSR count). The van der Waals surface area contributed by atoms with Crippen LogP contribution in [0.4, 0.5) is 11.4 Å². The zero-order chi connectivity index (χ0) is 36.1. The minimum absolute atomic E-state index is 0.370. The van der Waals surface area contributed by atoms with E-state index in [0.29, 0.717) is 34.0 Å². The maximum absolute atomic E-state index is 7.89. The van der Waals surface area contributed by atoms with Gasteiger partial charge < -0.3 is 0 Å². The van der Waals surface area contributed by atoms with Crippen molar-refractivity contribution in [3.05, 3.63) is 69.0 Å². The third-order valence-corrected chi connectivity index (χ3v) is 12.1. The highest BCUT2D eigenvalue weighted by Gasteiger charge is 2.53. The molecule has 0 radical (unpaired) electrons. The summed E-state index contributed by atoms with van der Waals surface area (Å²) < 4.78 is -1.57. The van der Waals surface area contributed by atoms with Crippen molar-refractivity contribution in [1.82, 2.24) is 0 Å². The van der Waals surface area contributed by atoms with Crippen LogP contribution in [0.15, 0.2) is 46.7 Å². The number of nitrogens with zero attached hydrogens (tertiary/aromatic N) is 2. The molecule has 1 aliphatic heterocycles. The summed E-state index contributed by atoms with van der Waals surface area (Å²) >= 11 is 30.8. The Morgan fingerprint density at radius 3 is 0.816 bits per heavy atom. The zero-order valence-corrected chi connectivity index (χ0v) is 35.0. The van der Waals surface area contributed by atoms with Crippen LogP contribution < -0.4 is 9.80 Å². The Kier molecular flexibility index (Phi) is 18.0. The summed E-state index contributed by atoms with van der Waals surface area (Å²) in [5.41, 5.74) is 7.26. The van der Waals surface area contributed by atoms with E-state index in [1.54, 1.807) is 0 Å². The molecule has 2 nitrogen and oxygen atoms in total. The molecular weight excluding hydrogens is 686 g/mol. The van der Waals surface area contributed by atoms with Crippen LogP contribution in [-0.4, -0.2) is 4.58 Å².